The molecule has 0 aliphatic carbocycles. The summed E-state index contributed by atoms with van der Waals surface area (Å²) in [6.45, 7) is 4.20. The first-order valence-electron chi connectivity index (χ1n) is 9.37. The van der Waals surface area contributed by atoms with Gasteiger partial charge >= 0.3 is 5.97 Å². The number of anilines is 1. The van der Waals surface area contributed by atoms with Crippen LogP contribution in [0.25, 0.3) is 0 Å². The molecule has 0 spiro atoms. The average Bonchev–Trinajstić information content (AvgIpc) is 2.68. The van der Waals surface area contributed by atoms with Gasteiger partial charge in [0.1, 0.15) is 0 Å². The van der Waals surface area contributed by atoms with Gasteiger partial charge in [-0.25, -0.2) is 0 Å². The van der Waals surface area contributed by atoms with E-state index in [1.54, 1.807) is 24.3 Å². The van der Waals surface area contributed by atoms with Gasteiger partial charge in [-0.1, -0.05) is 38.1 Å². The summed E-state index contributed by atoms with van der Waals surface area (Å²) in [6.07, 6.45) is 1.23. The van der Waals surface area contributed by atoms with Crippen LogP contribution in [0.3, 0.4) is 0 Å². The lowest BCUT2D eigenvalue weighted by atomic mass is 9.96. The molecule has 28 heavy (non-hydrogen) atoms. The second-order valence-corrected chi connectivity index (χ2v) is 6.73. The Morgan fingerprint density at radius 3 is 2.21 bits per heavy atom. The molecule has 0 heterocycles. The molecule has 148 valence electrons. The predicted molar refractivity (Wildman–Crippen MR) is 109 cm³/mol. The normalized spacial score (nSPS) is 11.5. The number of carbonyl (C=O) groups excluding carboxylic acids is 2. The van der Waals surface area contributed by atoms with Crippen LogP contribution < -0.4 is 10.6 Å². The van der Waals surface area contributed by atoms with Gasteiger partial charge in [-0.15, -0.1) is 0 Å². The SMILES string of the molecule is CCc1ccc(C(C)CC(=O)Nc2ccc(C(=O)NCCC(=O)O)cc2)cc1. The standard InChI is InChI=1S/C22H26N2O4/c1-3-16-4-6-17(7-5-16)15(2)14-20(25)24-19-10-8-18(9-11-19)22(28)23-13-12-21(26)27/h4-11,15H,3,12-14H2,1-2H3,(H,23,28)(H,24,25)(H,26,27). The maximum atomic E-state index is 12.3. The van der Waals surface area contributed by atoms with Gasteiger partial charge in [0, 0.05) is 24.2 Å². The Labute approximate surface area is 165 Å². The van der Waals surface area contributed by atoms with Crippen LogP contribution >= 0.6 is 0 Å². The topological polar surface area (TPSA) is 95.5 Å². The number of hydrogen-bond acceptors (Lipinski definition) is 3. The van der Waals surface area contributed by atoms with E-state index in [-0.39, 0.29) is 30.7 Å². The lowest BCUT2D eigenvalue weighted by Gasteiger charge is -2.13. The summed E-state index contributed by atoms with van der Waals surface area (Å²) < 4.78 is 0. The van der Waals surface area contributed by atoms with Crippen molar-refractivity contribution in [3.05, 3.63) is 65.2 Å². The molecule has 0 aliphatic rings. The quantitative estimate of drug-likeness (QED) is 0.618. The Kier molecular flexibility index (Phi) is 7.75. The molecule has 0 aromatic heterocycles. The van der Waals surface area contributed by atoms with Crippen LogP contribution in [0.5, 0.6) is 0 Å². The summed E-state index contributed by atoms with van der Waals surface area (Å²) >= 11 is 0. The molecule has 1 atom stereocenters. The number of aliphatic carboxylic acids is 1. The number of carboxylic acid groups (broad SMARTS) is 1. The third-order valence-corrected chi connectivity index (χ3v) is 4.50. The van der Waals surface area contributed by atoms with E-state index in [1.165, 1.54) is 5.56 Å². The smallest absolute Gasteiger partial charge is 0.305 e. The summed E-state index contributed by atoms with van der Waals surface area (Å²) in [5.41, 5.74) is 3.42. The van der Waals surface area contributed by atoms with Crippen molar-refractivity contribution in [3.63, 3.8) is 0 Å². The van der Waals surface area contributed by atoms with Crippen LogP contribution in [0, 0.1) is 0 Å². The minimum atomic E-state index is -0.964. The lowest BCUT2D eigenvalue weighted by Crippen LogP contribution is -2.25. The summed E-state index contributed by atoms with van der Waals surface area (Å²) in [5, 5.41) is 14.0. The molecule has 2 aromatic rings. The highest BCUT2D eigenvalue weighted by Gasteiger charge is 2.12. The van der Waals surface area contributed by atoms with E-state index in [4.69, 9.17) is 5.11 Å². The van der Waals surface area contributed by atoms with E-state index < -0.39 is 5.97 Å². The summed E-state index contributed by atoms with van der Waals surface area (Å²) in [6, 6.07) is 14.8. The average molecular weight is 382 g/mol. The lowest BCUT2D eigenvalue weighted by molar-refractivity contribution is -0.136. The number of aryl methyl sites for hydroxylation is 1. The fourth-order valence-corrected chi connectivity index (χ4v) is 2.78. The van der Waals surface area contributed by atoms with Crippen molar-refractivity contribution in [2.24, 2.45) is 0 Å². The van der Waals surface area contributed by atoms with Crippen LogP contribution in [0.15, 0.2) is 48.5 Å². The second kappa shape index (κ2) is 10.3. The fraction of sp³-hybridized carbons (Fsp3) is 0.318. The van der Waals surface area contributed by atoms with Crippen LogP contribution in [-0.2, 0) is 16.0 Å². The Morgan fingerprint density at radius 2 is 1.64 bits per heavy atom. The molecule has 0 saturated carbocycles. The third-order valence-electron chi connectivity index (χ3n) is 4.50. The molecule has 3 N–H and O–H groups in total. The molecule has 6 nitrogen and oxygen atoms in total. The van der Waals surface area contributed by atoms with E-state index in [0.29, 0.717) is 17.7 Å². The highest BCUT2D eigenvalue weighted by molar-refractivity contribution is 5.96. The summed E-state index contributed by atoms with van der Waals surface area (Å²) in [5.74, 6) is -1.30. The molecular formula is C22H26N2O4. The molecule has 0 radical (unpaired) electrons. The Hall–Kier alpha value is -3.15. The molecule has 0 aliphatic heterocycles. The molecule has 2 amide bonds. The Balaban J connectivity index is 1.86. The maximum Gasteiger partial charge on any atom is 0.305 e. The molecule has 0 fully saturated rings. The highest BCUT2D eigenvalue weighted by atomic mass is 16.4. The molecule has 0 saturated heterocycles. The molecule has 2 aromatic carbocycles. The molecule has 1 unspecified atom stereocenters. The van der Waals surface area contributed by atoms with Crippen molar-refractivity contribution < 1.29 is 19.5 Å². The zero-order chi connectivity index (χ0) is 20.5. The van der Waals surface area contributed by atoms with Gasteiger partial charge in [0.15, 0.2) is 0 Å². The fourth-order valence-electron chi connectivity index (χ4n) is 2.78. The summed E-state index contributed by atoms with van der Waals surface area (Å²) in [7, 11) is 0. The van der Waals surface area contributed by atoms with Crippen molar-refractivity contribution in [3.8, 4) is 0 Å². The van der Waals surface area contributed by atoms with Crippen LogP contribution in [0.1, 0.15) is 54.1 Å². The van der Waals surface area contributed by atoms with E-state index in [0.717, 1.165) is 12.0 Å². The molecule has 6 heteroatoms. The van der Waals surface area contributed by atoms with Crippen molar-refractivity contribution in [1.29, 1.82) is 0 Å². The number of nitrogens with one attached hydrogen (secondary N) is 2. The zero-order valence-electron chi connectivity index (χ0n) is 16.2. The first-order valence-corrected chi connectivity index (χ1v) is 9.37. The van der Waals surface area contributed by atoms with Crippen LogP contribution in [0.2, 0.25) is 0 Å². The van der Waals surface area contributed by atoms with E-state index >= 15 is 0 Å². The number of hydrogen-bond donors (Lipinski definition) is 3. The number of benzene rings is 2. The van der Waals surface area contributed by atoms with Gasteiger partial charge in [0.2, 0.25) is 5.91 Å². The largest absolute Gasteiger partial charge is 0.481 e. The molecule has 0 bridgehead atoms. The van der Waals surface area contributed by atoms with E-state index in [2.05, 4.69) is 41.8 Å². The first kappa shape index (κ1) is 21.2. The maximum absolute atomic E-state index is 12.3. The van der Waals surface area contributed by atoms with Crippen molar-refractivity contribution >= 4 is 23.5 Å². The third kappa shape index (κ3) is 6.54. The van der Waals surface area contributed by atoms with Gasteiger partial charge in [-0.05, 0) is 47.7 Å². The van der Waals surface area contributed by atoms with Gasteiger partial charge in [0.25, 0.3) is 5.91 Å². The summed E-state index contributed by atoms with van der Waals surface area (Å²) in [4.78, 5) is 34.7. The zero-order valence-corrected chi connectivity index (χ0v) is 16.2. The van der Waals surface area contributed by atoms with Gasteiger partial charge < -0.3 is 15.7 Å². The monoisotopic (exact) mass is 382 g/mol. The predicted octanol–water partition coefficient (Wildman–Crippen LogP) is 3.59. The van der Waals surface area contributed by atoms with Gasteiger partial charge in [0.05, 0.1) is 6.42 Å². The molecular weight excluding hydrogens is 356 g/mol. The van der Waals surface area contributed by atoms with Crippen molar-refractivity contribution in [2.75, 3.05) is 11.9 Å². The van der Waals surface area contributed by atoms with Crippen molar-refractivity contribution in [2.45, 2.75) is 39.0 Å². The minimum Gasteiger partial charge on any atom is -0.481 e. The minimum absolute atomic E-state index is 0.0732. The number of amides is 2. The number of carboxylic acids is 1. The van der Waals surface area contributed by atoms with Gasteiger partial charge in [-0.2, -0.15) is 0 Å². The van der Waals surface area contributed by atoms with Gasteiger partial charge in [-0.3, -0.25) is 14.4 Å². The van der Waals surface area contributed by atoms with Crippen LogP contribution in [0.4, 0.5) is 5.69 Å². The Morgan fingerprint density at radius 1 is 1.00 bits per heavy atom. The second-order valence-electron chi connectivity index (χ2n) is 6.73. The van der Waals surface area contributed by atoms with E-state index in [1.807, 2.05) is 6.92 Å². The number of carbonyl (C=O) groups is 3. The van der Waals surface area contributed by atoms with Crippen molar-refractivity contribution in [1.82, 2.24) is 5.32 Å². The number of rotatable bonds is 9. The van der Waals surface area contributed by atoms with Crippen LogP contribution in [-0.4, -0.2) is 29.4 Å². The van der Waals surface area contributed by atoms with E-state index in [9.17, 15) is 14.4 Å². The Bertz CT molecular complexity index is 813. The highest BCUT2D eigenvalue weighted by Crippen LogP contribution is 2.21. The first-order chi connectivity index (χ1) is 13.4. The molecule has 2 rings (SSSR count).